The minimum atomic E-state index is -1.29. The molecule has 0 spiro atoms. The number of nitrogens with one attached hydrogen (secondary N) is 1. The highest BCUT2D eigenvalue weighted by Gasteiger charge is 2.41. The first-order valence-electron chi connectivity index (χ1n) is 13.6. The molecule has 0 saturated carbocycles. The van der Waals surface area contributed by atoms with Gasteiger partial charge in [0.2, 0.25) is 5.91 Å². The van der Waals surface area contributed by atoms with Crippen LogP contribution in [0.3, 0.4) is 0 Å². The molecule has 0 aliphatic heterocycles. The molecule has 0 bridgehead atoms. The number of nitro groups is 1. The Morgan fingerprint density at radius 2 is 1.21 bits per heavy atom. The van der Waals surface area contributed by atoms with Gasteiger partial charge in [-0.2, -0.15) is 0 Å². The Morgan fingerprint density at radius 3 is 1.60 bits per heavy atom. The monoisotopic (exact) mass is 580 g/mol. The number of esters is 2. The molecular formula is C34H32N2O7. The molecule has 9 heteroatoms. The summed E-state index contributed by atoms with van der Waals surface area (Å²) in [5, 5.41) is 14.1. The first-order chi connectivity index (χ1) is 20.8. The normalized spacial score (nSPS) is 12.4. The maximum absolute atomic E-state index is 14.1. The van der Waals surface area contributed by atoms with E-state index in [0.29, 0.717) is 5.56 Å². The van der Waals surface area contributed by atoms with Crippen molar-refractivity contribution in [3.8, 4) is 0 Å². The Labute approximate surface area is 249 Å². The number of non-ortho nitro benzene ring substituents is 1. The number of carbonyl (C=O) groups excluding carboxylic acids is 3. The minimum absolute atomic E-state index is 0.0796. The van der Waals surface area contributed by atoms with E-state index in [1.165, 1.54) is 38.5 Å². The maximum Gasteiger partial charge on any atom is 0.329 e. The van der Waals surface area contributed by atoms with Gasteiger partial charge in [0.25, 0.3) is 5.69 Å². The van der Waals surface area contributed by atoms with E-state index in [4.69, 9.17) is 9.47 Å². The molecule has 4 aromatic rings. The van der Waals surface area contributed by atoms with Gasteiger partial charge in [-0.15, -0.1) is 0 Å². The van der Waals surface area contributed by atoms with Gasteiger partial charge in [0.05, 0.1) is 31.0 Å². The van der Waals surface area contributed by atoms with Crippen LogP contribution in [-0.2, 0) is 29.3 Å². The molecule has 0 unspecified atom stereocenters. The summed E-state index contributed by atoms with van der Waals surface area (Å²) in [6, 6.07) is 33.1. The number of nitro benzene ring substituents is 1. The molecule has 220 valence electrons. The molecule has 0 aromatic heterocycles. The Kier molecular flexibility index (Phi) is 10.0. The van der Waals surface area contributed by atoms with Crippen LogP contribution in [0.5, 0.6) is 0 Å². The van der Waals surface area contributed by atoms with Crippen LogP contribution in [0.4, 0.5) is 5.69 Å². The van der Waals surface area contributed by atoms with Gasteiger partial charge in [-0.05, 0) is 22.3 Å². The molecule has 0 aliphatic rings. The van der Waals surface area contributed by atoms with Gasteiger partial charge in [0.1, 0.15) is 6.04 Å². The van der Waals surface area contributed by atoms with Gasteiger partial charge in [-0.25, -0.2) is 4.79 Å². The van der Waals surface area contributed by atoms with Crippen molar-refractivity contribution in [1.29, 1.82) is 0 Å². The summed E-state index contributed by atoms with van der Waals surface area (Å²) in [6.07, 6.45) is -0.362. The molecule has 0 heterocycles. The summed E-state index contributed by atoms with van der Waals surface area (Å²) < 4.78 is 9.94. The largest absolute Gasteiger partial charge is 0.469 e. The summed E-state index contributed by atoms with van der Waals surface area (Å²) in [4.78, 5) is 50.4. The van der Waals surface area contributed by atoms with Crippen LogP contribution in [0.15, 0.2) is 115 Å². The van der Waals surface area contributed by atoms with E-state index in [1.54, 1.807) is 0 Å². The van der Waals surface area contributed by atoms with E-state index in [1.807, 2.05) is 91.0 Å². The lowest BCUT2D eigenvalue weighted by atomic mass is 9.67. The Balaban J connectivity index is 1.79. The van der Waals surface area contributed by atoms with Crippen molar-refractivity contribution in [2.24, 2.45) is 0 Å². The van der Waals surface area contributed by atoms with Crippen LogP contribution >= 0.6 is 0 Å². The first-order valence-corrected chi connectivity index (χ1v) is 13.6. The predicted octanol–water partition coefficient (Wildman–Crippen LogP) is 5.32. The van der Waals surface area contributed by atoms with E-state index >= 15 is 0 Å². The molecule has 4 rings (SSSR count). The fraction of sp³-hybridized carbons (Fsp3) is 0.206. The second-order valence-electron chi connectivity index (χ2n) is 9.98. The molecule has 0 aliphatic carbocycles. The first kappa shape index (κ1) is 30.6. The number of hydrogen-bond donors (Lipinski definition) is 1. The highest BCUT2D eigenvalue weighted by Crippen LogP contribution is 2.42. The number of benzene rings is 4. The standard InChI is InChI=1S/C34H32N2O7/c1-42-31(38)22-29(24-18-20-28(21-19-24)36(40)41)32(33(39)43-2)35-30(37)23-34(25-12-6-3-7-13-25,26-14-8-4-9-15-26)27-16-10-5-11-17-27/h3-21,29,32H,22-23H2,1-2H3,(H,35,37)/t29-,32-/m0/s1. The molecule has 1 N–H and O–H groups in total. The smallest absolute Gasteiger partial charge is 0.329 e. The number of hydrogen-bond acceptors (Lipinski definition) is 7. The number of ether oxygens (including phenoxy) is 2. The third kappa shape index (κ3) is 6.95. The van der Waals surface area contributed by atoms with Crippen LogP contribution in [0.2, 0.25) is 0 Å². The van der Waals surface area contributed by atoms with Gasteiger partial charge in [-0.3, -0.25) is 19.7 Å². The van der Waals surface area contributed by atoms with Crippen LogP contribution in [0, 0.1) is 10.1 Å². The van der Waals surface area contributed by atoms with Crippen molar-refractivity contribution in [2.75, 3.05) is 14.2 Å². The zero-order valence-electron chi connectivity index (χ0n) is 23.8. The number of carbonyl (C=O) groups is 3. The van der Waals surface area contributed by atoms with E-state index in [9.17, 15) is 24.5 Å². The van der Waals surface area contributed by atoms with Gasteiger partial charge in [0, 0.05) is 24.5 Å². The molecular weight excluding hydrogens is 548 g/mol. The number of amides is 1. The highest BCUT2D eigenvalue weighted by atomic mass is 16.6. The summed E-state index contributed by atoms with van der Waals surface area (Å²) in [6.45, 7) is 0. The average Bonchev–Trinajstić information content (AvgIpc) is 3.06. The predicted molar refractivity (Wildman–Crippen MR) is 160 cm³/mol. The zero-order valence-corrected chi connectivity index (χ0v) is 23.8. The molecule has 0 fully saturated rings. The lowest BCUT2D eigenvalue weighted by Crippen LogP contribution is -2.48. The van der Waals surface area contributed by atoms with E-state index in [2.05, 4.69) is 5.32 Å². The van der Waals surface area contributed by atoms with Crippen molar-refractivity contribution in [3.05, 3.63) is 148 Å². The number of methoxy groups -OCH3 is 2. The van der Waals surface area contributed by atoms with Crippen molar-refractivity contribution in [3.63, 3.8) is 0 Å². The fourth-order valence-corrected chi connectivity index (χ4v) is 5.42. The van der Waals surface area contributed by atoms with E-state index in [-0.39, 0.29) is 18.5 Å². The highest BCUT2D eigenvalue weighted by molar-refractivity contribution is 5.87. The van der Waals surface area contributed by atoms with Crippen LogP contribution in [-0.4, -0.2) is 43.0 Å². The summed E-state index contributed by atoms with van der Waals surface area (Å²) in [5.74, 6) is -2.79. The third-order valence-electron chi connectivity index (χ3n) is 7.55. The Hall–Kier alpha value is -5.31. The molecule has 4 aromatic carbocycles. The zero-order chi connectivity index (χ0) is 30.8. The average molecular weight is 581 g/mol. The van der Waals surface area contributed by atoms with Gasteiger partial charge < -0.3 is 14.8 Å². The quantitative estimate of drug-likeness (QED) is 0.104. The second kappa shape index (κ2) is 14.0. The lowest BCUT2D eigenvalue weighted by molar-refractivity contribution is -0.384. The SMILES string of the molecule is COC(=O)C[C@@H](c1ccc([N+](=O)[O-])cc1)[C@H](NC(=O)CC(c1ccccc1)(c1ccccc1)c1ccccc1)C(=O)OC. The van der Waals surface area contributed by atoms with Crippen molar-refractivity contribution < 1.29 is 28.8 Å². The summed E-state index contributed by atoms with van der Waals surface area (Å²) in [7, 11) is 2.41. The number of nitrogens with zero attached hydrogens (tertiary/aromatic N) is 1. The molecule has 9 nitrogen and oxygen atoms in total. The van der Waals surface area contributed by atoms with Crippen LogP contribution < -0.4 is 5.32 Å². The fourth-order valence-electron chi connectivity index (χ4n) is 5.42. The molecule has 2 atom stereocenters. The van der Waals surface area contributed by atoms with E-state index in [0.717, 1.165) is 16.7 Å². The van der Waals surface area contributed by atoms with Crippen LogP contribution in [0.25, 0.3) is 0 Å². The van der Waals surface area contributed by atoms with Crippen LogP contribution in [0.1, 0.15) is 41.0 Å². The number of rotatable bonds is 12. The molecule has 0 radical (unpaired) electrons. The van der Waals surface area contributed by atoms with E-state index < -0.39 is 40.1 Å². The molecule has 43 heavy (non-hydrogen) atoms. The second-order valence-corrected chi connectivity index (χ2v) is 9.98. The van der Waals surface area contributed by atoms with Crippen molar-refractivity contribution in [1.82, 2.24) is 5.32 Å². The lowest BCUT2D eigenvalue weighted by Gasteiger charge is -2.36. The van der Waals surface area contributed by atoms with Gasteiger partial charge >= 0.3 is 11.9 Å². The topological polar surface area (TPSA) is 125 Å². The maximum atomic E-state index is 14.1. The molecule has 0 saturated heterocycles. The molecule has 1 amide bonds. The summed E-state index contributed by atoms with van der Waals surface area (Å²) in [5.41, 5.74) is 1.96. The Bertz CT molecular complexity index is 1450. The van der Waals surface area contributed by atoms with Crippen molar-refractivity contribution >= 4 is 23.5 Å². The van der Waals surface area contributed by atoms with Gasteiger partial charge in [0.15, 0.2) is 0 Å². The van der Waals surface area contributed by atoms with Crippen molar-refractivity contribution in [2.45, 2.75) is 30.2 Å². The minimum Gasteiger partial charge on any atom is -0.469 e. The summed E-state index contributed by atoms with van der Waals surface area (Å²) >= 11 is 0. The third-order valence-corrected chi connectivity index (χ3v) is 7.55. The van der Waals surface area contributed by atoms with Gasteiger partial charge in [-0.1, -0.05) is 103 Å². The Morgan fingerprint density at radius 1 is 0.744 bits per heavy atom.